The van der Waals surface area contributed by atoms with E-state index >= 15 is 0 Å². The number of hydrogen-bond donors (Lipinski definition) is 2. The lowest BCUT2D eigenvalue weighted by Crippen LogP contribution is -2.50. The molecular weight excluding hydrogens is 350 g/mol. The van der Waals surface area contributed by atoms with E-state index in [1.54, 1.807) is 0 Å². The van der Waals surface area contributed by atoms with Crippen molar-refractivity contribution in [1.82, 2.24) is 25.1 Å². The van der Waals surface area contributed by atoms with Crippen LogP contribution in [0.15, 0.2) is 42.7 Å². The van der Waals surface area contributed by atoms with Gasteiger partial charge in [0.1, 0.15) is 5.82 Å². The van der Waals surface area contributed by atoms with Gasteiger partial charge in [0, 0.05) is 39.1 Å². The van der Waals surface area contributed by atoms with Gasteiger partial charge in [0.2, 0.25) is 5.91 Å². The summed E-state index contributed by atoms with van der Waals surface area (Å²) in [5, 5.41) is 6.81. The third kappa shape index (κ3) is 4.28. The third-order valence-electron chi connectivity index (χ3n) is 6.20. The molecule has 2 fully saturated rings. The Bertz CT molecular complexity index is 768. The lowest BCUT2D eigenvalue weighted by Gasteiger charge is -2.35. The summed E-state index contributed by atoms with van der Waals surface area (Å²) in [5.41, 5.74) is 1.23. The number of amides is 1. The van der Waals surface area contributed by atoms with E-state index in [4.69, 9.17) is 0 Å². The van der Waals surface area contributed by atoms with Crippen molar-refractivity contribution < 1.29 is 4.79 Å². The number of carbonyl (C=O) groups is 1. The molecule has 150 valence electrons. The maximum atomic E-state index is 13.1. The van der Waals surface area contributed by atoms with Crippen LogP contribution in [0.2, 0.25) is 0 Å². The fourth-order valence-corrected chi connectivity index (χ4v) is 4.72. The van der Waals surface area contributed by atoms with Crippen molar-refractivity contribution in [1.29, 1.82) is 0 Å². The van der Waals surface area contributed by atoms with Crippen LogP contribution in [0.1, 0.15) is 49.2 Å². The highest BCUT2D eigenvalue weighted by molar-refractivity contribution is 5.78. The smallest absolute Gasteiger partial charge is 0.234 e. The minimum absolute atomic E-state index is 0.113. The Morgan fingerprint density at radius 3 is 2.79 bits per heavy atom. The van der Waals surface area contributed by atoms with Gasteiger partial charge in [0.15, 0.2) is 0 Å². The lowest BCUT2D eigenvalue weighted by molar-refractivity contribution is -0.124. The van der Waals surface area contributed by atoms with Gasteiger partial charge in [-0.2, -0.15) is 0 Å². The Balaban J connectivity index is 1.46. The number of nitrogens with one attached hydrogen (secondary N) is 2. The lowest BCUT2D eigenvalue weighted by atomic mass is 9.91. The first kappa shape index (κ1) is 19.2. The summed E-state index contributed by atoms with van der Waals surface area (Å²) in [5.74, 6) is 1.66. The molecule has 1 aliphatic heterocycles. The Kier molecular flexibility index (Phi) is 6.07. The third-order valence-corrected chi connectivity index (χ3v) is 6.20. The van der Waals surface area contributed by atoms with Crippen LogP contribution >= 0.6 is 0 Å². The van der Waals surface area contributed by atoms with Crippen molar-refractivity contribution in [3.63, 3.8) is 0 Å². The molecule has 0 radical (unpaired) electrons. The van der Waals surface area contributed by atoms with E-state index in [1.807, 2.05) is 30.1 Å². The molecule has 1 aromatic heterocycles. The number of aryl methyl sites for hydroxylation is 1. The van der Waals surface area contributed by atoms with Gasteiger partial charge < -0.3 is 15.2 Å². The molecule has 1 saturated heterocycles. The summed E-state index contributed by atoms with van der Waals surface area (Å²) in [6, 6.07) is 10.7. The van der Waals surface area contributed by atoms with Crippen molar-refractivity contribution in [2.24, 2.45) is 13.0 Å². The van der Waals surface area contributed by atoms with Crippen molar-refractivity contribution in [3.8, 4) is 0 Å². The monoisotopic (exact) mass is 381 g/mol. The fraction of sp³-hybridized carbons (Fsp3) is 0.545. The average Bonchev–Trinajstić information content (AvgIpc) is 3.39. The van der Waals surface area contributed by atoms with Gasteiger partial charge >= 0.3 is 0 Å². The number of rotatable bonds is 6. The zero-order valence-corrected chi connectivity index (χ0v) is 16.7. The van der Waals surface area contributed by atoms with Gasteiger partial charge in [0.25, 0.3) is 0 Å². The molecule has 4 rings (SSSR count). The highest BCUT2D eigenvalue weighted by atomic mass is 16.2. The van der Waals surface area contributed by atoms with Gasteiger partial charge in [-0.05, 0) is 24.3 Å². The minimum atomic E-state index is 0.113. The van der Waals surface area contributed by atoms with Crippen molar-refractivity contribution in [2.75, 3.05) is 26.2 Å². The van der Waals surface area contributed by atoms with Crippen LogP contribution in [0, 0.1) is 5.92 Å². The minimum Gasteiger partial charge on any atom is -0.348 e. The molecule has 0 bridgehead atoms. The van der Waals surface area contributed by atoms with E-state index in [0.717, 1.165) is 25.5 Å². The number of imidazole rings is 1. The molecule has 2 unspecified atom stereocenters. The molecule has 2 heterocycles. The van der Waals surface area contributed by atoms with Crippen LogP contribution in [-0.2, 0) is 11.8 Å². The van der Waals surface area contributed by atoms with Crippen LogP contribution < -0.4 is 10.6 Å². The summed E-state index contributed by atoms with van der Waals surface area (Å²) < 4.78 is 2.05. The molecule has 6 nitrogen and oxygen atoms in total. The molecule has 1 aliphatic carbocycles. The Morgan fingerprint density at radius 1 is 1.29 bits per heavy atom. The first-order valence-electron chi connectivity index (χ1n) is 10.5. The molecule has 1 amide bonds. The molecule has 6 heteroatoms. The number of benzene rings is 1. The largest absolute Gasteiger partial charge is 0.348 e. The predicted octanol–water partition coefficient (Wildman–Crippen LogP) is 2.41. The van der Waals surface area contributed by atoms with Crippen molar-refractivity contribution in [2.45, 2.75) is 37.8 Å². The van der Waals surface area contributed by atoms with Crippen LogP contribution in [-0.4, -0.2) is 46.5 Å². The highest BCUT2D eigenvalue weighted by Gasteiger charge is 2.31. The first-order chi connectivity index (χ1) is 13.7. The summed E-state index contributed by atoms with van der Waals surface area (Å²) in [7, 11) is 2.01. The van der Waals surface area contributed by atoms with Crippen LogP contribution in [0.5, 0.6) is 0 Å². The molecule has 1 aromatic carbocycles. The van der Waals surface area contributed by atoms with Crippen molar-refractivity contribution >= 4 is 5.91 Å². The summed E-state index contributed by atoms with van der Waals surface area (Å²) in [6.07, 6.45) is 8.72. The van der Waals surface area contributed by atoms with E-state index in [1.165, 1.54) is 31.2 Å². The van der Waals surface area contributed by atoms with Gasteiger partial charge in [-0.25, -0.2) is 4.98 Å². The molecule has 2 N–H and O–H groups in total. The van der Waals surface area contributed by atoms with E-state index in [0.29, 0.717) is 12.5 Å². The summed E-state index contributed by atoms with van der Waals surface area (Å²) >= 11 is 0. The summed E-state index contributed by atoms with van der Waals surface area (Å²) in [4.78, 5) is 19.8. The highest BCUT2D eigenvalue weighted by Crippen LogP contribution is 2.35. The Labute approximate surface area is 167 Å². The molecule has 2 aliphatic rings. The van der Waals surface area contributed by atoms with E-state index in [2.05, 4.69) is 44.8 Å². The standard InChI is InChI=1S/C22H31N5O/c1-26-13-12-24-22(26)19-15-23-11-14-27(19)16-20(28)25-21(18-9-5-6-10-18)17-7-3-2-4-8-17/h2-4,7-8,12-13,18-19,21,23H,5-6,9-11,14-16H2,1H3,(H,25,28). The average molecular weight is 382 g/mol. The van der Waals surface area contributed by atoms with Gasteiger partial charge in [0.05, 0.1) is 18.6 Å². The quantitative estimate of drug-likeness (QED) is 0.807. The summed E-state index contributed by atoms with van der Waals surface area (Å²) in [6.45, 7) is 2.99. The number of aromatic nitrogens is 2. The van der Waals surface area contributed by atoms with E-state index in [-0.39, 0.29) is 18.0 Å². The molecule has 1 saturated carbocycles. The van der Waals surface area contributed by atoms with Crippen LogP contribution in [0.4, 0.5) is 0 Å². The number of hydrogen-bond acceptors (Lipinski definition) is 4. The van der Waals surface area contributed by atoms with Gasteiger partial charge in [-0.15, -0.1) is 0 Å². The number of piperazine rings is 1. The van der Waals surface area contributed by atoms with Crippen LogP contribution in [0.25, 0.3) is 0 Å². The topological polar surface area (TPSA) is 62.2 Å². The molecule has 28 heavy (non-hydrogen) atoms. The van der Waals surface area contributed by atoms with Crippen molar-refractivity contribution in [3.05, 3.63) is 54.1 Å². The van der Waals surface area contributed by atoms with E-state index in [9.17, 15) is 4.79 Å². The number of carbonyl (C=O) groups excluding carboxylic acids is 1. The zero-order chi connectivity index (χ0) is 19.3. The number of nitrogens with zero attached hydrogens (tertiary/aromatic N) is 3. The van der Waals surface area contributed by atoms with Gasteiger partial charge in [-0.1, -0.05) is 43.2 Å². The second kappa shape index (κ2) is 8.88. The Hall–Kier alpha value is -2.18. The molecule has 2 aromatic rings. The second-order valence-electron chi connectivity index (χ2n) is 8.09. The second-order valence-corrected chi connectivity index (χ2v) is 8.09. The van der Waals surface area contributed by atoms with Crippen LogP contribution in [0.3, 0.4) is 0 Å². The zero-order valence-electron chi connectivity index (χ0n) is 16.7. The fourth-order valence-electron chi connectivity index (χ4n) is 4.72. The van der Waals surface area contributed by atoms with E-state index < -0.39 is 0 Å². The molecule has 2 atom stereocenters. The Morgan fingerprint density at radius 2 is 2.07 bits per heavy atom. The first-order valence-corrected chi connectivity index (χ1v) is 10.5. The maximum Gasteiger partial charge on any atom is 0.234 e. The maximum absolute atomic E-state index is 13.1. The molecular formula is C22H31N5O. The SMILES string of the molecule is Cn1ccnc1C1CNCCN1CC(=O)NC(c1ccccc1)C1CCCC1. The predicted molar refractivity (Wildman–Crippen MR) is 110 cm³/mol. The normalized spacial score (nSPS) is 22.2. The molecule has 0 spiro atoms. The van der Waals surface area contributed by atoms with Gasteiger partial charge in [-0.3, -0.25) is 9.69 Å².